The number of ether oxygens (including phenoxy) is 1. The zero-order chi connectivity index (χ0) is 15.7. The van der Waals surface area contributed by atoms with Gasteiger partial charge in [0.25, 0.3) is 0 Å². The molecule has 3 nitrogen and oxygen atoms in total. The second-order valence-corrected chi connectivity index (χ2v) is 7.84. The predicted octanol–water partition coefficient (Wildman–Crippen LogP) is 3.40. The molecule has 0 amide bonds. The predicted molar refractivity (Wildman–Crippen MR) is 91.8 cm³/mol. The molecule has 1 unspecified atom stereocenters. The van der Waals surface area contributed by atoms with E-state index in [-0.39, 0.29) is 0 Å². The summed E-state index contributed by atoms with van der Waals surface area (Å²) in [5, 5.41) is 3.67. The quantitative estimate of drug-likeness (QED) is 0.669. The van der Waals surface area contributed by atoms with Gasteiger partial charge in [0.2, 0.25) is 0 Å². The molecule has 1 heterocycles. The minimum Gasteiger partial charge on any atom is -0.381 e. The second-order valence-electron chi connectivity index (χ2n) is 7.84. The Hall–Kier alpha value is -0.120. The van der Waals surface area contributed by atoms with E-state index < -0.39 is 0 Å². The highest BCUT2D eigenvalue weighted by atomic mass is 16.5. The molecule has 1 aliphatic rings. The van der Waals surface area contributed by atoms with Crippen molar-refractivity contribution in [3.05, 3.63) is 0 Å². The van der Waals surface area contributed by atoms with Gasteiger partial charge in [0.1, 0.15) is 0 Å². The lowest BCUT2D eigenvalue weighted by Crippen LogP contribution is -2.43. The van der Waals surface area contributed by atoms with Crippen LogP contribution in [-0.2, 0) is 4.74 Å². The molecule has 1 atom stereocenters. The van der Waals surface area contributed by atoms with Crippen LogP contribution < -0.4 is 5.32 Å². The van der Waals surface area contributed by atoms with Crippen LogP contribution in [0.3, 0.4) is 0 Å². The van der Waals surface area contributed by atoms with Gasteiger partial charge in [0, 0.05) is 32.8 Å². The molecule has 1 N–H and O–H groups in total. The van der Waals surface area contributed by atoms with Crippen molar-refractivity contribution in [2.75, 3.05) is 46.4 Å². The van der Waals surface area contributed by atoms with E-state index in [1.54, 1.807) is 0 Å². The normalized spacial score (nSPS) is 20.1. The fraction of sp³-hybridized carbons (Fsp3) is 1.00. The van der Waals surface area contributed by atoms with Gasteiger partial charge < -0.3 is 15.0 Å². The molecule has 0 aromatic heterocycles. The molecule has 1 fully saturated rings. The van der Waals surface area contributed by atoms with Crippen LogP contribution in [0, 0.1) is 17.3 Å². The minimum absolute atomic E-state index is 0.392. The van der Waals surface area contributed by atoms with Gasteiger partial charge in [-0.3, -0.25) is 0 Å². The van der Waals surface area contributed by atoms with E-state index in [0.717, 1.165) is 38.1 Å². The maximum atomic E-state index is 5.47. The molecule has 21 heavy (non-hydrogen) atoms. The Morgan fingerprint density at radius 2 is 1.95 bits per heavy atom. The smallest absolute Gasteiger partial charge is 0.0469 e. The highest BCUT2D eigenvalue weighted by Crippen LogP contribution is 2.25. The van der Waals surface area contributed by atoms with E-state index in [1.165, 1.54) is 38.8 Å². The summed E-state index contributed by atoms with van der Waals surface area (Å²) in [7, 11) is 2.30. The molecule has 0 spiro atoms. The molecule has 0 bridgehead atoms. The van der Waals surface area contributed by atoms with Crippen LogP contribution in [0.2, 0.25) is 0 Å². The van der Waals surface area contributed by atoms with Gasteiger partial charge in [-0.15, -0.1) is 0 Å². The Kier molecular flexibility index (Phi) is 8.84. The van der Waals surface area contributed by atoms with E-state index >= 15 is 0 Å². The molecule has 0 aliphatic carbocycles. The summed E-state index contributed by atoms with van der Waals surface area (Å²) in [6.07, 6.45) is 5.04. The first-order valence-corrected chi connectivity index (χ1v) is 8.92. The van der Waals surface area contributed by atoms with Gasteiger partial charge in [-0.2, -0.15) is 0 Å². The van der Waals surface area contributed by atoms with Crippen molar-refractivity contribution in [1.82, 2.24) is 10.2 Å². The highest BCUT2D eigenvalue weighted by Gasteiger charge is 2.26. The van der Waals surface area contributed by atoms with E-state index in [0.29, 0.717) is 5.41 Å². The molecule has 3 heteroatoms. The molecular formula is C18H38N2O. The number of nitrogens with one attached hydrogen (secondary N) is 1. The molecule has 1 aliphatic heterocycles. The third-order valence-electron chi connectivity index (χ3n) is 4.52. The Morgan fingerprint density at radius 1 is 1.29 bits per heavy atom. The number of nitrogens with zero attached hydrogens (tertiary/aromatic N) is 1. The maximum Gasteiger partial charge on any atom is 0.0469 e. The average Bonchev–Trinajstić information content (AvgIpc) is 2.39. The summed E-state index contributed by atoms with van der Waals surface area (Å²) in [6, 6.07) is 0. The standard InChI is InChI=1S/C18H38N2O/c1-6-9-18(4,14-19-12-16(2)3)15-20(5)13-17-7-10-21-11-8-17/h16-17,19H,6-15H2,1-5H3. The van der Waals surface area contributed by atoms with Gasteiger partial charge in [0.15, 0.2) is 0 Å². The molecule has 1 saturated heterocycles. The summed E-state index contributed by atoms with van der Waals surface area (Å²) < 4.78 is 5.47. The first-order valence-electron chi connectivity index (χ1n) is 8.92. The zero-order valence-electron chi connectivity index (χ0n) is 15.1. The summed E-state index contributed by atoms with van der Waals surface area (Å²) in [5.41, 5.74) is 0.392. The van der Waals surface area contributed by atoms with E-state index in [9.17, 15) is 0 Å². The monoisotopic (exact) mass is 298 g/mol. The minimum atomic E-state index is 0.392. The molecule has 0 saturated carbocycles. The number of hydrogen-bond donors (Lipinski definition) is 1. The summed E-state index contributed by atoms with van der Waals surface area (Å²) in [6.45, 7) is 15.9. The van der Waals surface area contributed by atoms with Crippen molar-refractivity contribution in [3.63, 3.8) is 0 Å². The van der Waals surface area contributed by atoms with Gasteiger partial charge in [-0.05, 0) is 50.1 Å². The molecule has 0 radical (unpaired) electrons. The third-order valence-corrected chi connectivity index (χ3v) is 4.52. The van der Waals surface area contributed by atoms with E-state index in [2.05, 4.69) is 45.0 Å². The van der Waals surface area contributed by atoms with Crippen LogP contribution in [0.5, 0.6) is 0 Å². The number of rotatable bonds is 10. The van der Waals surface area contributed by atoms with Crippen molar-refractivity contribution < 1.29 is 4.74 Å². The zero-order valence-corrected chi connectivity index (χ0v) is 15.1. The largest absolute Gasteiger partial charge is 0.381 e. The Labute approximate surface area is 132 Å². The van der Waals surface area contributed by atoms with Crippen molar-refractivity contribution >= 4 is 0 Å². The topological polar surface area (TPSA) is 24.5 Å². The van der Waals surface area contributed by atoms with E-state index in [4.69, 9.17) is 4.74 Å². The van der Waals surface area contributed by atoms with Crippen LogP contribution in [0.4, 0.5) is 0 Å². The van der Waals surface area contributed by atoms with Crippen LogP contribution in [0.15, 0.2) is 0 Å². The molecule has 126 valence electrons. The molecular weight excluding hydrogens is 260 g/mol. The first kappa shape index (κ1) is 18.9. The van der Waals surface area contributed by atoms with Crippen molar-refractivity contribution in [1.29, 1.82) is 0 Å². The molecule has 0 aromatic rings. The second kappa shape index (κ2) is 9.81. The first-order chi connectivity index (χ1) is 9.95. The fourth-order valence-corrected chi connectivity index (χ4v) is 3.58. The van der Waals surface area contributed by atoms with E-state index in [1.807, 2.05) is 0 Å². The summed E-state index contributed by atoms with van der Waals surface area (Å²) in [4.78, 5) is 2.56. The average molecular weight is 299 g/mol. The van der Waals surface area contributed by atoms with Crippen LogP contribution in [-0.4, -0.2) is 51.3 Å². The van der Waals surface area contributed by atoms with Crippen molar-refractivity contribution in [2.45, 2.75) is 53.4 Å². The van der Waals surface area contributed by atoms with Gasteiger partial charge in [-0.25, -0.2) is 0 Å². The lowest BCUT2D eigenvalue weighted by molar-refractivity contribution is 0.0496. The Bertz CT molecular complexity index is 264. The number of hydrogen-bond acceptors (Lipinski definition) is 3. The van der Waals surface area contributed by atoms with Crippen LogP contribution >= 0.6 is 0 Å². The van der Waals surface area contributed by atoms with Crippen molar-refractivity contribution in [3.8, 4) is 0 Å². The van der Waals surface area contributed by atoms with Gasteiger partial charge in [-0.1, -0.05) is 34.1 Å². The Morgan fingerprint density at radius 3 is 2.52 bits per heavy atom. The Balaban J connectivity index is 2.39. The highest BCUT2D eigenvalue weighted by molar-refractivity contribution is 4.81. The lowest BCUT2D eigenvalue weighted by Gasteiger charge is -2.36. The summed E-state index contributed by atoms with van der Waals surface area (Å²) in [5.74, 6) is 1.56. The lowest BCUT2D eigenvalue weighted by atomic mass is 9.84. The maximum absolute atomic E-state index is 5.47. The fourth-order valence-electron chi connectivity index (χ4n) is 3.58. The van der Waals surface area contributed by atoms with Crippen LogP contribution in [0.25, 0.3) is 0 Å². The van der Waals surface area contributed by atoms with Crippen LogP contribution in [0.1, 0.15) is 53.4 Å². The van der Waals surface area contributed by atoms with Crippen molar-refractivity contribution in [2.24, 2.45) is 17.3 Å². The SMILES string of the molecule is CCCC(C)(CNCC(C)C)CN(C)CC1CCOCC1. The summed E-state index contributed by atoms with van der Waals surface area (Å²) >= 11 is 0. The van der Waals surface area contributed by atoms with Gasteiger partial charge in [0.05, 0.1) is 0 Å². The molecule has 1 rings (SSSR count). The third kappa shape index (κ3) is 8.18. The molecule has 0 aromatic carbocycles. The van der Waals surface area contributed by atoms with Gasteiger partial charge >= 0.3 is 0 Å².